The van der Waals surface area contributed by atoms with E-state index in [-0.39, 0.29) is 0 Å². The zero-order valence-corrected chi connectivity index (χ0v) is 7.23. The number of hydrogen-bond acceptors (Lipinski definition) is 1. The summed E-state index contributed by atoms with van der Waals surface area (Å²) in [6.45, 7) is 0. The van der Waals surface area contributed by atoms with Gasteiger partial charge in [0, 0.05) is 0 Å². The quantitative estimate of drug-likeness (QED) is 0.634. The van der Waals surface area contributed by atoms with Crippen molar-refractivity contribution in [1.82, 2.24) is 0 Å². The first-order chi connectivity index (χ1) is 5.56. The molecule has 0 amide bonds. The van der Waals surface area contributed by atoms with E-state index in [9.17, 15) is 40.9 Å². The van der Waals surface area contributed by atoms with Crippen molar-refractivity contribution in [2.24, 2.45) is 0 Å². The molecule has 0 N–H and O–H groups in total. The minimum atomic E-state index is -11.7. The molecular weight excluding hydrogens is 278 g/mol. The molecule has 0 aromatic heterocycles. The van der Waals surface area contributed by atoms with Crippen LogP contribution in [0.25, 0.3) is 0 Å². The molecule has 0 bridgehead atoms. The van der Waals surface area contributed by atoms with E-state index >= 15 is 0 Å². The summed E-state index contributed by atoms with van der Waals surface area (Å²) in [4.78, 5) is 0. The monoisotopic (exact) mass is 278 g/mol. The molecule has 0 aliphatic rings. The van der Waals surface area contributed by atoms with E-state index < -0.39 is 32.9 Å². The number of rotatable bonds is 2. The van der Waals surface area contributed by atoms with Gasteiger partial charge in [-0.3, -0.25) is 0 Å². The van der Waals surface area contributed by atoms with E-state index in [0.717, 1.165) is 0 Å². The van der Waals surface area contributed by atoms with E-state index in [0.29, 0.717) is 0 Å². The van der Waals surface area contributed by atoms with Crippen LogP contribution >= 0.6 is 22.4 Å². The SMILES string of the molecule is FSC(F)(C(F)(F)F)S(F)(F)(F)(F)F. The first-order valence-corrected chi connectivity index (χ1v) is 5.01. The Labute approximate surface area is 74.7 Å². The first kappa shape index (κ1) is 14.0. The molecule has 0 aromatic rings. The zero-order chi connectivity index (χ0) is 12.1. The van der Waals surface area contributed by atoms with Crippen molar-refractivity contribution in [2.45, 2.75) is 10.5 Å². The lowest BCUT2D eigenvalue weighted by molar-refractivity contribution is -0.176. The molecule has 90 valence electrons. The van der Waals surface area contributed by atoms with Gasteiger partial charge in [-0.15, -0.1) is 0 Å². The Balaban J connectivity index is 5.78. The summed E-state index contributed by atoms with van der Waals surface area (Å²) in [6.07, 6.45) is -7.09. The minimum Gasteiger partial charge on any atom is -0.196 e. The second kappa shape index (κ2) is 2.39. The van der Waals surface area contributed by atoms with Crippen molar-refractivity contribution in [3.63, 3.8) is 0 Å². The van der Waals surface area contributed by atoms with Crippen LogP contribution < -0.4 is 0 Å². The highest BCUT2D eigenvalue weighted by Gasteiger charge is 2.92. The number of alkyl halides is 4. The Kier molecular flexibility index (Phi) is 2.39. The summed E-state index contributed by atoms with van der Waals surface area (Å²) in [5, 5.41) is 0. The van der Waals surface area contributed by atoms with Crippen molar-refractivity contribution in [3.8, 4) is 0 Å². The van der Waals surface area contributed by atoms with Gasteiger partial charge in [0.1, 0.15) is 12.1 Å². The molecule has 0 saturated heterocycles. The normalized spacial score (nSPS) is 23.6. The van der Waals surface area contributed by atoms with E-state index in [1.165, 1.54) is 0 Å². The molecule has 0 aromatic carbocycles. The molecule has 0 fully saturated rings. The van der Waals surface area contributed by atoms with Gasteiger partial charge in [-0.2, -0.15) is 21.4 Å². The first-order valence-electron chi connectivity index (χ1n) is 2.34. The Morgan fingerprint density at radius 1 is 0.786 bits per heavy atom. The van der Waals surface area contributed by atoms with E-state index in [2.05, 4.69) is 0 Å². The highest BCUT2D eigenvalue weighted by molar-refractivity contribution is 8.51. The van der Waals surface area contributed by atoms with Gasteiger partial charge >= 0.3 is 20.7 Å². The van der Waals surface area contributed by atoms with Gasteiger partial charge in [-0.1, -0.05) is 19.4 Å². The molecule has 1 atom stereocenters. The van der Waals surface area contributed by atoms with Gasteiger partial charge < -0.3 is 0 Å². The molecule has 0 saturated carbocycles. The zero-order valence-electron chi connectivity index (χ0n) is 5.60. The van der Waals surface area contributed by atoms with Crippen LogP contribution in [0.5, 0.6) is 0 Å². The Bertz CT molecular complexity index is 231. The molecule has 1 unspecified atom stereocenters. The molecule has 0 heterocycles. The van der Waals surface area contributed by atoms with E-state index in [1.54, 1.807) is 0 Å². The molecule has 12 heteroatoms. The molecule has 0 spiro atoms. The van der Waals surface area contributed by atoms with Crippen molar-refractivity contribution in [3.05, 3.63) is 0 Å². The Morgan fingerprint density at radius 3 is 1.07 bits per heavy atom. The van der Waals surface area contributed by atoms with Gasteiger partial charge in [0.25, 0.3) is 0 Å². The predicted molar refractivity (Wildman–Crippen MR) is 31.7 cm³/mol. The fraction of sp³-hybridized carbons (Fsp3) is 1.00. The number of halogens is 10. The maximum absolute atomic E-state index is 11.9. The summed E-state index contributed by atoms with van der Waals surface area (Å²) in [7, 11) is -11.7. The van der Waals surface area contributed by atoms with Crippen molar-refractivity contribution < 1.29 is 40.9 Å². The lowest BCUT2D eigenvalue weighted by atomic mass is 10.7. The largest absolute Gasteiger partial charge is 0.454 e. The third kappa shape index (κ3) is 1.99. The molecule has 14 heavy (non-hydrogen) atoms. The average Bonchev–Trinajstić information content (AvgIpc) is 1.77. The van der Waals surface area contributed by atoms with Crippen LogP contribution in [0, 0.1) is 0 Å². The topological polar surface area (TPSA) is 0 Å². The van der Waals surface area contributed by atoms with Crippen molar-refractivity contribution in [2.75, 3.05) is 0 Å². The smallest absolute Gasteiger partial charge is 0.196 e. The second-order valence-corrected chi connectivity index (χ2v) is 5.56. The van der Waals surface area contributed by atoms with Crippen LogP contribution in [-0.2, 0) is 0 Å². The summed E-state index contributed by atoms with van der Waals surface area (Å²) in [6, 6.07) is 0. The maximum atomic E-state index is 11.9. The third-order valence-electron chi connectivity index (χ3n) is 0.934. The average molecular weight is 278 g/mol. The van der Waals surface area contributed by atoms with Gasteiger partial charge in [-0.05, 0) is 0 Å². The van der Waals surface area contributed by atoms with E-state index in [1.807, 2.05) is 0 Å². The van der Waals surface area contributed by atoms with Gasteiger partial charge in [0.05, 0.1) is 0 Å². The lowest BCUT2D eigenvalue weighted by Crippen LogP contribution is -2.46. The van der Waals surface area contributed by atoms with Crippen molar-refractivity contribution in [1.29, 1.82) is 0 Å². The van der Waals surface area contributed by atoms with Crippen LogP contribution in [0.2, 0.25) is 0 Å². The third-order valence-corrected chi connectivity index (χ3v) is 3.72. The fourth-order valence-corrected chi connectivity index (χ4v) is 1.32. The fourth-order valence-electron chi connectivity index (χ4n) is 0.322. The summed E-state index contributed by atoms with van der Waals surface area (Å²) in [5.41, 5.74) is 0. The van der Waals surface area contributed by atoms with E-state index in [4.69, 9.17) is 0 Å². The highest BCUT2D eigenvalue weighted by atomic mass is 32.5. The van der Waals surface area contributed by atoms with Crippen molar-refractivity contribution >= 4 is 22.4 Å². The van der Waals surface area contributed by atoms with Crippen LogP contribution in [0.15, 0.2) is 0 Å². The standard InChI is InChI=1S/C2F10S2/c3-1(4,5)2(6,13-7)14(8,9,10,11)12. The summed E-state index contributed by atoms with van der Waals surface area (Å²) >= 11 is -3.13. The molecular formula is C2F10S2. The highest BCUT2D eigenvalue weighted by Crippen LogP contribution is 3.07. The molecule has 0 aliphatic carbocycles. The minimum absolute atomic E-state index is 3.13. The Hall–Kier alpha value is -0.000000000000000111. The van der Waals surface area contributed by atoms with Crippen LogP contribution in [-0.4, -0.2) is 10.5 Å². The Morgan fingerprint density at radius 2 is 1.07 bits per heavy atom. The molecule has 0 rings (SSSR count). The summed E-state index contributed by atoms with van der Waals surface area (Å²) in [5.74, 6) is 0. The lowest BCUT2D eigenvalue weighted by Gasteiger charge is -2.48. The van der Waals surface area contributed by atoms with Crippen LogP contribution in [0.3, 0.4) is 0 Å². The predicted octanol–water partition coefficient (Wildman–Crippen LogP) is 5.09. The maximum Gasteiger partial charge on any atom is 0.454 e. The molecule has 0 radical (unpaired) electrons. The van der Waals surface area contributed by atoms with Gasteiger partial charge in [0.15, 0.2) is 0 Å². The van der Waals surface area contributed by atoms with Gasteiger partial charge in [-0.25, -0.2) is 0 Å². The van der Waals surface area contributed by atoms with Crippen LogP contribution in [0.4, 0.5) is 40.9 Å². The summed E-state index contributed by atoms with van der Waals surface area (Å²) < 4.78 is 107. The van der Waals surface area contributed by atoms with Crippen LogP contribution in [0.1, 0.15) is 0 Å². The number of hydrogen-bond donors (Lipinski definition) is 0. The molecule has 0 aliphatic heterocycles. The molecule has 0 nitrogen and oxygen atoms in total. The second-order valence-electron chi connectivity index (χ2n) is 2.08. The van der Waals surface area contributed by atoms with Gasteiger partial charge in [0.2, 0.25) is 0 Å².